The molecule has 0 bridgehead atoms. The molecule has 1 aliphatic rings. The van der Waals surface area contributed by atoms with Crippen LogP contribution in [0.1, 0.15) is 24.8 Å². The van der Waals surface area contributed by atoms with Gasteiger partial charge in [-0.05, 0) is 19.4 Å². The lowest BCUT2D eigenvalue weighted by Gasteiger charge is -2.32. The van der Waals surface area contributed by atoms with Gasteiger partial charge in [0, 0.05) is 12.1 Å². The average Bonchev–Trinajstić information content (AvgIpc) is 2.65. The second-order valence-corrected chi connectivity index (χ2v) is 6.11. The van der Waals surface area contributed by atoms with Gasteiger partial charge in [-0.15, -0.1) is 0 Å². The fourth-order valence-corrected chi connectivity index (χ4v) is 3.14. The number of likely N-dealkylation sites (tertiary alicyclic amines) is 1. The van der Waals surface area contributed by atoms with E-state index in [1.807, 2.05) is 0 Å². The first kappa shape index (κ1) is 19.8. The molecule has 8 nitrogen and oxygen atoms in total. The number of rotatable bonds is 8. The third-order valence-corrected chi connectivity index (χ3v) is 4.52. The van der Waals surface area contributed by atoms with Crippen LogP contribution in [-0.4, -0.2) is 62.3 Å². The summed E-state index contributed by atoms with van der Waals surface area (Å²) in [6.07, 6.45) is 2.34. The summed E-state index contributed by atoms with van der Waals surface area (Å²) in [5.74, 6) is 0.561. The van der Waals surface area contributed by atoms with Crippen molar-refractivity contribution in [3.63, 3.8) is 0 Å². The Labute approximate surface area is 153 Å². The molecule has 1 amide bonds. The van der Waals surface area contributed by atoms with Crippen LogP contribution < -0.4 is 19.5 Å². The smallest absolute Gasteiger partial charge is 0.320 e. The summed E-state index contributed by atoms with van der Waals surface area (Å²) in [6, 6.07) is 2.84. The molecule has 0 spiro atoms. The second-order valence-electron chi connectivity index (χ2n) is 6.11. The van der Waals surface area contributed by atoms with Crippen LogP contribution in [0, 0.1) is 0 Å². The van der Waals surface area contributed by atoms with Gasteiger partial charge in [-0.25, -0.2) is 0 Å². The summed E-state index contributed by atoms with van der Waals surface area (Å²) in [5, 5.41) is 12.1. The monoisotopic (exact) mass is 366 g/mol. The highest BCUT2D eigenvalue weighted by molar-refractivity contribution is 5.80. The molecule has 1 atom stereocenters. The molecule has 1 unspecified atom stereocenters. The highest BCUT2D eigenvalue weighted by Crippen LogP contribution is 2.33. The van der Waals surface area contributed by atoms with Gasteiger partial charge in [0.15, 0.2) is 0 Å². The molecular formula is C18H26N2O6. The number of amides is 1. The molecule has 1 aliphatic heterocycles. The zero-order valence-corrected chi connectivity index (χ0v) is 15.4. The maximum Gasteiger partial charge on any atom is 0.320 e. The number of nitrogens with one attached hydrogen (secondary N) is 1. The van der Waals surface area contributed by atoms with Crippen LogP contribution in [0.5, 0.6) is 17.2 Å². The molecular weight excluding hydrogens is 340 g/mol. The molecule has 1 fully saturated rings. The number of carboxylic acids is 1. The zero-order valence-electron chi connectivity index (χ0n) is 15.4. The van der Waals surface area contributed by atoms with Crippen molar-refractivity contribution in [3.05, 3.63) is 17.7 Å². The molecule has 8 heteroatoms. The first-order valence-electron chi connectivity index (χ1n) is 8.52. The van der Waals surface area contributed by atoms with Gasteiger partial charge in [-0.1, -0.05) is 6.42 Å². The first-order chi connectivity index (χ1) is 12.5. The van der Waals surface area contributed by atoms with Crippen LogP contribution >= 0.6 is 0 Å². The van der Waals surface area contributed by atoms with E-state index in [1.165, 1.54) is 14.2 Å². The molecule has 0 saturated carbocycles. The van der Waals surface area contributed by atoms with E-state index in [0.29, 0.717) is 35.8 Å². The largest absolute Gasteiger partial charge is 0.496 e. The Morgan fingerprint density at radius 2 is 1.81 bits per heavy atom. The van der Waals surface area contributed by atoms with Crippen molar-refractivity contribution in [3.8, 4) is 17.2 Å². The van der Waals surface area contributed by atoms with Crippen LogP contribution in [0.15, 0.2) is 12.1 Å². The summed E-state index contributed by atoms with van der Waals surface area (Å²) in [4.78, 5) is 25.4. The van der Waals surface area contributed by atoms with Gasteiger partial charge in [0.2, 0.25) is 5.91 Å². The summed E-state index contributed by atoms with van der Waals surface area (Å²) in [5.41, 5.74) is 0.692. The Morgan fingerprint density at radius 1 is 1.15 bits per heavy atom. The first-order valence-corrected chi connectivity index (χ1v) is 8.52. The van der Waals surface area contributed by atoms with Gasteiger partial charge < -0.3 is 24.6 Å². The van der Waals surface area contributed by atoms with E-state index >= 15 is 0 Å². The van der Waals surface area contributed by atoms with Crippen LogP contribution in [0.2, 0.25) is 0 Å². The second kappa shape index (κ2) is 9.28. The van der Waals surface area contributed by atoms with Crippen LogP contribution in [0.4, 0.5) is 0 Å². The minimum atomic E-state index is -0.879. The number of carbonyl (C=O) groups excluding carboxylic acids is 1. The van der Waals surface area contributed by atoms with E-state index in [9.17, 15) is 14.7 Å². The minimum absolute atomic E-state index is 0.0533. The maximum atomic E-state index is 12.3. The average molecular weight is 366 g/mol. The van der Waals surface area contributed by atoms with Crippen molar-refractivity contribution in [2.45, 2.75) is 31.8 Å². The molecule has 1 aromatic carbocycles. The molecule has 1 heterocycles. The van der Waals surface area contributed by atoms with Gasteiger partial charge in [-0.2, -0.15) is 0 Å². The molecule has 1 aromatic rings. The van der Waals surface area contributed by atoms with Crippen LogP contribution in [0.3, 0.4) is 0 Å². The number of carboxylic acid groups (broad SMARTS) is 1. The Morgan fingerprint density at radius 3 is 2.35 bits per heavy atom. The van der Waals surface area contributed by atoms with E-state index in [2.05, 4.69) is 5.32 Å². The molecule has 2 N–H and O–H groups in total. The fourth-order valence-electron chi connectivity index (χ4n) is 3.14. The number of carbonyl (C=O) groups is 2. The summed E-state index contributed by atoms with van der Waals surface area (Å²) in [7, 11) is 4.61. The number of benzene rings is 1. The summed E-state index contributed by atoms with van der Waals surface area (Å²) in [6.45, 7) is 0.873. The van der Waals surface area contributed by atoms with E-state index in [4.69, 9.17) is 14.2 Å². The highest BCUT2D eigenvalue weighted by atomic mass is 16.5. The Kier molecular flexibility index (Phi) is 7.08. The van der Waals surface area contributed by atoms with E-state index in [1.54, 1.807) is 24.1 Å². The Bertz CT molecular complexity index is 624. The number of hydrogen-bond acceptors (Lipinski definition) is 6. The van der Waals surface area contributed by atoms with Crippen molar-refractivity contribution in [1.29, 1.82) is 0 Å². The van der Waals surface area contributed by atoms with Gasteiger partial charge >= 0.3 is 5.97 Å². The van der Waals surface area contributed by atoms with Gasteiger partial charge in [0.1, 0.15) is 23.3 Å². The zero-order chi connectivity index (χ0) is 19.1. The van der Waals surface area contributed by atoms with E-state index < -0.39 is 12.0 Å². The number of aliphatic carboxylic acids is 1. The van der Waals surface area contributed by atoms with Crippen LogP contribution in [0.25, 0.3) is 0 Å². The van der Waals surface area contributed by atoms with Crippen molar-refractivity contribution < 1.29 is 28.9 Å². The number of hydrogen-bond donors (Lipinski definition) is 2. The summed E-state index contributed by atoms with van der Waals surface area (Å²) < 4.78 is 15.9. The quantitative estimate of drug-likeness (QED) is 0.715. The number of ether oxygens (including phenoxy) is 3. The van der Waals surface area contributed by atoms with E-state index in [0.717, 1.165) is 12.8 Å². The topological polar surface area (TPSA) is 97.3 Å². The lowest BCUT2D eigenvalue weighted by molar-refractivity contribution is -0.145. The normalized spacial score (nSPS) is 17.4. The molecule has 2 rings (SSSR count). The SMILES string of the molecule is COc1cc(OC)c(CNC(=O)CN2CCCCC2C(=O)O)c(OC)c1. The Hall–Kier alpha value is -2.48. The van der Waals surface area contributed by atoms with Crippen molar-refractivity contribution in [2.75, 3.05) is 34.4 Å². The highest BCUT2D eigenvalue weighted by Gasteiger charge is 2.29. The molecule has 0 radical (unpaired) electrons. The lowest BCUT2D eigenvalue weighted by atomic mass is 10.0. The Balaban J connectivity index is 2.03. The number of methoxy groups -OCH3 is 3. The standard InChI is InChI=1S/C18H26N2O6/c1-24-12-8-15(25-2)13(16(9-12)26-3)10-19-17(21)11-20-7-5-4-6-14(20)18(22)23/h8-9,14H,4-7,10-11H2,1-3H3,(H,19,21)(H,22,23). The predicted molar refractivity (Wildman–Crippen MR) is 94.8 cm³/mol. The third kappa shape index (κ3) is 4.78. The molecule has 144 valence electrons. The number of piperidine rings is 1. The van der Waals surface area contributed by atoms with Crippen LogP contribution in [-0.2, 0) is 16.1 Å². The summed E-state index contributed by atoms with van der Waals surface area (Å²) >= 11 is 0. The molecule has 0 aliphatic carbocycles. The van der Waals surface area contributed by atoms with Gasteiger partial charge in [0.05, 0.1) is 40.0 Å². The fraction of sp³-hybridized carbons (Fsp3) is 0.556. The minimum Gasteiger partial charge on any atom is -0.496 e. The van der Waals surface area contributed by atoms with Crippen molar-refractivity contribution in [1.82, 2.24) is 10.2 Å². The molecule has 0 aromatic heterocycles. The van der Waals surface area contributed by atoms with Gasteiger partial charge in [0.25, 0.3) is 0 Å². The lowest BCUT2D eigenvalue weighted by Crippen LogP contribution is -2.48. The molecule has 1 saturated heterocycles. The third-order valence-electron chi connectivity index (χ3n) is 4.52. The van der Waals surface area contributed by atoms with E-state index in [-0.39, 0.29) is 19.0 Å². The number of nitrogens with zero attached hydrogens (tertiary/aromatic N) is 1. The van der Waals surface area contributed by atoms with Crippen molar-refractivity contribution in [2.24, 2.45) is 0 Å². The molecule has 26 heavy (non-hydrogen) atoms. The predicted octanol–water partition coefficient (Wildman–Crippen LogP) is 1.27. The maximum absolute atomic E-state index is 12.3. The van der Waals surface area contributed by atoms with Crippen molar-refractivity contribution >= 4 is 11.9 Å². The van der Waals surface area contributed by atoms with Gasteiger partial charge in [-0.3, -0.25) is 14.5 Å².